The monoisotopic (exact) mass is 312 g/mol. The van der Waals surface area contributed by atoms with E-state index in [1.54, 1.807) is 0 Å². The van der Waals surface area contributed by atoms with Crippen molar-refractivity contribution in [3.05, 3.63) is 23.0 Å². The van der Waals surface area contributed by atoms with E-state index >= 15 is 0 Å². The second-order valence-electron chi connectivity index (χ2n) is 7.14. The second-order valence-corrected chi connectivity index (χ2v) is 7.14. The molecule has 0 bridgehead atoms. The average molecular weight is 312 g/mol. The number of aryl methyl sites for hydroxylation is 1. The van der Waals surface area contributed by atoms with Crippen molar-refractivity contribution in [2.24, 2.45) is 0 Å². The largest absolute Gasteiger partial charge is 0.349 e. The number of carbonyl (C=O) groups excluding carboxylic acids is 1. The molecule has 2 heterocycles. The third-order valence-electron chi connectivity index (χ3n) is 5.18. The molecule has 122 valence electrons. The molecule has 0 saturated heterocycles. The molecule has 1 N–H and O–H groups in total. The van der Waals surface area contributed by atoms with Gasteiger partial charge in [0, 0.05) is 17.8 Å². The summed E-state index contributed by atoms with van der Waals surface area (Å²) in [6.45, 7) is 4.19. The van der Waals surface area contributed by atoms with Gasteiger partial charge in [-0.05, 0) is 51.5 Å². The number of nitrogens with zero attached hydrogens (tertiary/aromatic N) is 3. The molecule has 0 aromatic carbocycles. The molecule has 23 heavy (non-hydrogen) atoms. The highest BCUT2D eigenvalue weighted by Crippen LogP contribution is 2.31. The fraction of sp³-hybridized carbons (Fsp3) is 0.611. The smallest absolute Gasteiger partial charge is 0.252 e. The van der Waals surface area contributed by atoms with E-state index in [1.165, 1.54) is 12.8 Å². The van der Waals surface area contributed by atoms with Gasteiger partial charge < -0.3 is 5.32 Å². The molecule has 1 amide bonds. The first-order valence-corrected chi connectivity index (χ1v) is 8.85. The number of nitrogens with one attached hydrogen (secondary N) is 1. The van der Waals surface area contributed by atoms with E-state index in [9.17, 15) is 4.79 Å². The van der Waals surface area contributed by atoms with Gasteiger partial charge in [-0.3, -0.25) is 4.79 Å². The number of carbonyl (C=O) groups is 1. The molecule has 0 unspecified atom stereocenters. The molecule has 5 heteroatoms. The number of hydrogen-bond acceptors (Lipinski definition) is 3. The molecule has 2 aromatic heterocycles. The van der Waals surface area contributed by atoms with Crippen LogP contribution in [0.15, 0.2) is 6.20 Å². The summed E-state index contributed by atoms with van der Waals surface area (Å²) in [6, 6.07) is 0.577. The maximum Gasteiger partial charge on any atom is 0.252 e. The summed E-state index contributed by atoms with van der Waals surface area (Å²) in [7, 11) is 0. The maximum absolute atomic E-state index is 13.0. The minimum atomic E-state index is 0.0748. The van der Waals surface area contributed by atoms with Crippen molar-refractivity contribution in [1.82, 2.24) is 20.1 Å². The second kappa shape index (κ2) is 5.62. The minimum Gasteiger partial charge on any atom is -0.349 e. The number of fused-ring (bicyclic) bond motifs is 2. The van der Waals surface area contributed by atoms with E-state index in [-0.39, 0.29) is 11.9 Å². The predicted molar refractivity (Wildman–Crippen MR) is 89.7 cm³/mol. The summed E-state index contributed by atoms with van der Waals surface area (Å²) in [6.07, 6.45) is 9.50. The number of rotatable bonds is 3. The number of pyridine rings is 1. The van der Waals surface area contributed by atoms with Crippen LogP contribution >= 0.6 is 0 Å². The first-order valence-electron chi connectivity index (χ1n) is 8.85. The minimum absolute atomic E-state index is 0.0748. The van der Waals surface area contributed by atoms with Crippen molar-refractivity contribution in [2.45, 2.75) is 70.9 Å². The predicted octanol–water partition coefficient (Wildman–Crippen LogP) is 3.17. The van der Waals surface area contributed by atoms with Gasteiger partial charge in [-0.25, -0.2) is 9.67 Å². The lowest BCUT2D eigenvalue weighted by Crippen LogP contribution is -2.33. The van der Waals surface area contributed by atoms with Crippen LogP contribution in [-0.2, 0) is 12.8 Å². The van der Waals surface area contributed by atoms with Crippen LogP contribution in [0.2, 0.25) is 0 Å². The van der Waals surface area contributed by atoms with Gasteiger partial charge in [0.2, 0.25) is 0 Å². The Balaban J connectivity index is 1.82. The first-order chi connectivity index (χ1) is 11.1. The van der Waals surface area contributed by atoms with Gasteiger partial charge in [-0.2, -0.15) is 5.10 Å². The zero-order valence-electron chi connectivity index (χ0n) is 13.9. The molecule has 0 atom stereocenters. The third-order valence-corrected chi connectivity index (χ3v) is 5.18. The Labute approximate surface area is 136 Å². The van der Waals surface area contributed by atoms with Gasteiger partial charge in [-0.15, -0.1) is 0 Å². The Morgan fingerprint density at radius 1 is 1.26 bits per heavy atom. The summed E-state index contributed by atoms with van der Waals surface area (Å²) in [4.78, 5) is 17.8. The molecular formula is C18H24N4O. The van der Waals surface area contributed by atoms with E-state index in [4.69, 9.17) is 4.98 Å². The molecule has 0 radical (unpaired) electrons. The number of amides is 1. The van der Waals surface area contributed by atoms with Gasteiger partial charge in [0.05, 0.1) is 17.1 Å². The molecule has 5 nitrogen and oxygen atoms in total. The number of hydrogen-bond donors (Lipinski definition) is 1. The molecule has 0 aliphatic heterocycles. The van der Waals surface area contributed by atoms with E-state index in [2.05, 4.69) is 24.3 Å². The van der Waals surface area contributed by atoms with Crippen LogP contribution < -0.4 is 5.32 Å². The van der Waals surface area contributed by atoms with Crippen LogP contribution in [0.5, 0.6) is 0 Å². The van der Waals surface area contributed by atoms with Gasteiger partial charge >= 0.3 is 0 Å². The van der Waals surface area contributed by atoms with Crippen LogP contribution in [0.3, 0.4) is 0 Å². The Hall–Kier alpha value is -1.91. The van der Waals surface area contributed by atoms with Gasteiger partial charge in [0.1, 0.15) is 0 Å². The molecule has 1 saturated carbocycles. The third kappa shape index (κ3) is 2.42. The Kier molecular flexibility index (Phi) is 3.58. The van der Waals surface area contributed by atoms with Crippen LogP contribution in [0.4, 0.5) is 0 Å². The zero-order chi connectivity index (χ0) is 16.0. The Morgan fingerprint density at radius 2 is 2.04 bits per heavy atom. The van der Waals surface area contributed by atoms with Crippen molar-refractivity contribution in [1.29, 1.82) is 0 Å². The molecule has 1 fully saturated rings. The number of aromatic nitrogens is 3. The molecular weight excluding hydrogens is 288 g/mol. The lowest BCUT2D eigenvalue weighted by atomic mass is 10.0. The Morgan fingerprint density at radius 3 is 2.78 bits per heavy atom. The molecule has 4 rings (SSSR count). The fourth-order valence-corrected chi connectivity index (χ4v) is 4.02. The first kappa shape index (κ1) is 14.7. The van der Waals surface area contributed by atoms with Crippen LogP contribution in [0, 0.1) is 0 Å². The fourth-order valence-electron chi connectivity index (χ4n) is 4.02. The zero-order valence-corrected chi connectivity index (χ0v) is 13.9. The van der Waals surface area contributed by atoms with Gasteiger partial charge in [0.15, 0.2) is 5.65 Å². The van der Waals surface area contributed by atoms with Crippen molar-refractivity contribution in [3.63, 3.8) is 0 Å². The summed E-state index contributed by atoms with van der Waals surface area (Å²) >= 11 is 0. The lowest BCUT2D eigenvalue weighted by molar-refractivity contribution is 0.0938. The highest BCUT2D eigenvalue weighted by atomic mass is 16.1. The van der Waals surface area contributed by atoms with E-state index in [0.717, 1.165) is 60.0 Å². The molecule has 0 spiro atoms. The van der Waals surface area contributed by atoms with E-state index < -0.39 is 0 Å². The molecule has 2 aliphatic rings. The van der Waals surface area contributed by atoms with E-state index in [0.29, 0.717) is 6.04 Å². The van der Waals surface area contributed by atoms with Crippen molar-refractivity contribution < 1.29 is 4.79 Å². The van der Waals surface area contributed by atoms with Crippen molar-refractivity contribution in [3.8, 4) is 0 Å². The quantitative estimate of drug-likeness (QED) is 0.947. The lowest BCUT2D eigenvalue weighted by Gasteiger charge is -2.15. The average Bonchev–Trinajstić information content (AvgIpc) is 3.23. The van der Waals surface area contributed by atoms with Gasteiger partial charge in [-0.1, -0.05) is 12.8 Å². The van der Waals surface area contributed by atoms with Crippen molar-refractivity contribution >= 4 is 16.9 Å². The molecule has 2 aromatic rings. The van der Waals surface area contributed by atoms with E-state index in [1.807, 2.05) is 10.9 Å². The summed E-state index contributed by atoms with van der Waals surface area (Å²) in [5, 5.41) is 8.65. The summed E-state index contributed by atoms with van der Waals surface area (Å²) in [5.41, 5.74) is 3.94. The van der Waals surface area contributed by atoms with Crippen LogP contribution in [-0.4, -0.2) is 26.7 Å². The standard InChI is InChI=1S/C18H24N4O/c1-11(2)22-17-14(10-19-22)16(13-8-5-9-15(13)21-17)18(23)20-12-6-3-4-7-12/h10-12H,3-9H2,1-2H3,(H,20,23). The summed E-state index contributed by atoms with van der Waals surface area (Å²) in [5.74, 6) is 0.0748. The Bertz CT molecular complexity index is 756. The highest BCUT2D eigenvalue weighted by Gasteiger charge is 2.27. The van der Waals surface area contributed by atoms with Crippen LogP contribution in [0.1, 0.15) is 73.6 Å². The normalized spacial score (nSPS) is 18.0. The topological polar surface area (TPSA) is 59.8 Å². The maximum atomic E-state index is 13.0. The van der Waals surface area contributed by atoms with Crippen molar-refractivity contribution in [2.75, 3.05) is 0 Å². The van der Waals surface area contributed by atoms with Gasteiger partial charge in [0.25, 0.3) is 5.91 Å². The SMILES string of the molecule is CC(C)n1ncc2c(C(=O)NC3CCCC3)c3c(nc21)CCC3. The summed E-state index contributed by atoms with van der Waals surface area (Å²) < 4.78 is 1.93. The van der Waals surface area contributed by atoms with Crippen LogP contribution in [0.25, 0.3) is 11.0 Å². The molecule has 2 aliphatic carbocycles. The highest BCUT2D eigenvalue weighted by molar-refractivity contribution is 6.07.